The first kappa shape index (κ1) is 13.7. The van der Waals surface area contributed by atoms with E-state index in [1.807, 2.05) is 6.07 Å². The minimum Gasteiger partial charge on any atom is -0.454 e. The van der Waals surface area contributed by atoms with Crippen LogP contribution in [0.5, 0.6) is 11.5 Å². The predicted molar refractivity (Wildman–Crippen MR) is 79.0 cm³/mol. The Balaban J connectivity index is 1.84. The first-order valence-corrected chi connectivity index (χ1v) is 7.57. The Morgan fingerprint density at radius 2 is 2.10 bits per heavy atom. The van der Waals surface area contributed by atoms with Crippen LogP contribution in [0.1, 0.15) is 44.7 Å². The summed E-state index contributed by atoms with van der Waals surface area (Å²) in [6.45, 7) is 5.64. The van der Waals surface area contributed by atoms with Crippen LogP contribution >= 0.6 is 0 Å². The third kappa shape index (κ3) is 2.38. The van der Waals surface area contributed by atoms with Gasteiger partial charge in [-0.2, -0.15) is 0 Å². The molecule has 2 N–H and O–H groups in total. The van der Waals surface area contributed by atoms with Gasteiger partial charge >= 0.3 is 0 Å². The highest BCUT2D eigenvalue weighted by molar-refractivity contribution is 5.45. The zero-order valence-corrected chi connectivity index (χ0v) is 12.3. The van der Waals surface area contributed by atoms with Gasteiger partial charge in [0.15, 0.2) is 11.5 Å². The molecule has 3 unspecified atom stereocenters. The average molecular weight is 276 g/mol. The molecule has 3 rings (SSSR count). The monoisotopic (exact) mass is 276 g/mol. The van der Waals surface area contributed by atoms with Gasteiger partial charge in [-0.25, -0.2) is 0 Å². The van der Waals surface area contributed by atoms with E-state index in [-0.39, 0.29) is 0 Å². The molecule has 20 heavy (non-hydrogen) atoms. The quantitative estimate of drug-likeness (QED) is 0.922. The van der Waals surface area contributed by atoms with E-state index < -0.39 is 0 Å². The largest absolute Gasteiger partial charge is 0.454 e. The highest BCUT2D eigenvalue weighted by Crippen LogP contribution is 2.37. The van der Waals surface area contributed by atoms with E-state index in [0.29, 0.717) is 24.9 Å². The molecule has 0 bridgehead atoms. The Labute approximate surface area is 120 Å². The van der Waals surface area contributed by atoms with Gasteiger partial charge in [-0.05, 0) is 44.4 Å². The van der Waals surface area contributed by atoms with Gasteiger partial charge in [0.1, 0.15) is 0 Å². The number of piperidine rings is 1. The summed E-state index contributed by atoms with van der Waals surface area (Å²) in [5, 5.41) is 0. The molecular formula is C16H24N2O2. The SMILES string of the molecule is CC1CCCC(CN)N1C(C)c1ccc2c(c1)OCO2. The number of hydrogen-bond acceptors (Lipinski definition) is 4. The van der Waals surface area contributed by atoms with Crippen molar-refractivity contribution in [3.63, 3.8) is 0 Å². The molecule has 0 aromatic heterocycles. The van der Waals surface area contributed by atoms with Crippen molar-refractivity contribution in [3.8, 4) is 11.5 Å². The van der Waals surface area contributed by atoms with Crippen molar-refractivity contribution in [1.82, 2.24) is 4.90 Å². The lowest BCUT2D eigenvalue weighted by atomic mass is 9.92. The summed E-state index contributed by atoms with van der Waals surface area (Å²) in [6, 6.07) is 7.69. The average Bonchev–Trinajstić information content (AvgIpc) is 2.93. The van der Waals surface area contributed by atoms with E-state index in [9.17, 15) is 0 Å². The summed E-state index contributed by atoms with van der Waals surface area (Å²) in [7, 11) is 0. The fourth-order valence-electron chi connectivity index (χ4n) is 3.59. The number of rotatable bonds is 3. The molecule has 110 valence electrons. The first-order chi connectivity index (χ1) is 9.70. The molecule has 2 aliphatic rings. The number of fused-ring (bicyclic) bond motifs is 1. The molecule has 0 saturated carbocycles. The maximum atomic E-state index is 5.98. The summed E-state index contributed by atoms with van der Waals surface area (Å²) in [4.78, 5) is 2.57. The second-order valence-electron chi connectivity index (χ2n) is 5.91. The number of nitrogens with zero attached hydrogens (tertiary/aromatic N) is 1. The summed E-state index contributed by atoms with van der Waals surface area (Å²) in [5.74, 6) is 1.71. The maximum absolute atomic E-state index is 5.98. The van der Waals surface area contributed by atoms with E-state index in [0.717, 1.165) is 18.0 Å². The van der Waals surface area contributed by atoms with Crippen LogP contribution in [0.25, 0.3) is 0 Å². The van der Waals surface area contributed by atoms with Gasteiger partial charge < -0.3 is 15.2 Å². The molecule has 1 aromatic rings. The smallest absolute Gasteiger partial charge is 0.231 e. The Kier molecular flexibility index (Phi) is 3.85. The number of hydrogen-bond donors (Lipinski definition) is 1. The third-order valence-electron chi connectivity index (χ3n) is 4.69. The van der Waals surface area contributed by atoms with E-state index in [2.05, 4.69) is 30.9 Å². The maximum Gasteiger partial charge on any atom is 0.231 e. The summed E-state index contributed by atoms with van der Waals surface area (Å²) < 4.78 is 10.9. The number of benzene rings is 1. The Morgan fingerprint density at radius 3 is 2.90 bits per heavy atom. The lowest BCUT2D eigenvalue weighted by Gasteiger charge is -2.44. The van der Waals surface area contributed by atoms with Crippen LogP contribution in [0, 0.1) is 0 Å². The van der Waals surface area contributed by atoms with Crippen molar-refractivity contribution < 1.29 is 9.47 Å². The zero-order chi connectivity index (χ0) is 14.1. The van der Waals surface area contributed by atoms with Gasteiger partial charge in [0.05, 0.1) is 0 Å². The normalized spacial score (nSPS) is 27.6. The minimum atomic E-state index is 0.332. The molecule has 1 saturated heterocycles. The van der Waals surface area contributed by atoms with Gasteiger partial charge in [-0.1, -0.05) is 12.5 Å². The number of likely N-dealkylation sites (tertiary alicyclic amines) is 1. The van der Waals surface area contributed by atoms with Gasteiger partial charge in [0.25, 0.3) is 0 Å². The Hall–Kier alpha value is -1.26. The van der Waals surface area contributed by atoms with Crippen LogP contribution in [0.15, 0.2) is 18.2 Å². The lowest BCUT2D eigenvalue weighted by Crippen LogP contribution is -2.49. The highest BCUT2D eigenvalue weighted by atomic mass is 16.7. The van der Waals surface area contributed by atoms with Crippen molar-refractivity contribution in [2.24, 2.45) is 5.73 Å². The van der Waals surface area contributed by atoms with Crippen molar-refractivity contribution in [2.75, 3.05) is 13.3 Å². The molecule has 3 atom stereocenters. The lowest BCUT2D eigenvalue weighted by molar-refractivity contribution is 0.0569. The van der Waals surface area contributed by atoms with Crippen LogP contribution < -0.4 is 15.2 Å². The van der Waals surface area contributed by atoms with Crippen LogP contribution in [0.2, 0.25) is 0 Å². The summed E-state index contributed by atoms with van der Waals surface area (Å²) >= 11 is 0. The van der Waals surface area contributed by atoms with Crippen molar-refractivity contribution >= 4 is 0 Å². The minimum absolute atomic E-state index is 0.332. The molecule has 2 heterocycles. The van der Waals surface area contributed by atoms with Gasteiger partial charge in [-0.15, -0.1) is 0 Å². The first-order valence-electron chi connectivity index (χ1n) is 7.57. The molecular weight excluding hydrogens is 252 g/mol. The van der Waals surface area contributed by atoms with Gasteiger partial charge in [-0.3, -0.25) is 4.90 Å². The van der Waals surface area contributed by atoms with Gasteiger partial charge in [0, 0.05) is 24.7 Å². The van der Waals surface area contributed by atoms with E-state index in [1.54, 1.807) is 0 Å². The summed E-state index contributed by atoms with van der Waals surface area (Å²) in [6.07, 6.45) is 3.74. The second kappa shape index (κ2) is 5.62. The standard InChI is InChI=1S/C16H24N2O2/c1-11-4-3-5-14(9-17)18(11)12(2)13-6-7-15-16(8-13)20-10-19-15/h6-8,11-12,14H,3-5,9-10,17H2,1-2H3. The van der Waals surface area contributed by atoms with Crippen molar-refractivity contribution in [3.05, 3.63) is 23.8 Å². The molecule has 0 aliphatic carbocycles. The van der Waals surface area contributed by atoms with E-state index in [4.69, 9.17) is 15.2 Å². The highest BCUT2D eigenvalue weighted by Gasteiger charge is 2.31. The Bertz CT molecular complexity index is 478. The molecule has 4 heteroatoms. The molecule has 1 aromatic carbocycles. The molecule has 0 amide bonds. The molecule has 0 spiro atoms. The van der Waals surface area contributed by atoms with Crippen molar-refractivity contribution in [2.45, 2.75) is 51.2 Å². The third-order valence-corrected chi connectivity index (χ3v) is 4.69. The van der Waals surface area contributed by atoms with Gasteiger partial charge in [0.2, 0.25) is 6.79 Å². The molecule has 2 aliphatic heterocycles. The van der Waals surface area contributed by atoms with Crippen LogP contribution in [-0.2, 0) is 0 Å². The Morgan fingerprint density at radius 1 is 1.30 bits per heavy atom. The zero-order valence-electron chi connectivity index (χ0n) is 12.3. The molecule has 1 fully saturated rings. The fraction of sp³-hybridized carbons (Fsp3) is 0.625. The van der Waals surface area contributed by atoms with Crippen LogP contribution in [0.3, 0.4) is 0 Å². The van der Waals surface area contributed by atoms with Crippen molar-refractivity contribution in [1.29, 1.82) is 0 Å². The topological polar surface area (TPSA) is 47.7 Å². The molecule has 0 radical (unpaired) electrons. The van der Waals surface area contributed by atoms with Crippen LogP contribution in [0.4, 0.5) is 0 Å². The van der Waals surface area contributed by atoms with E-state index >= 15 is 0 Å². The number of ether oxygens (including phenoxy) is 2. The molecule has 4 nitrogen and oxygen atoms in total. The fourth-order valence-corrected chi connectivity index (χ4v) is 3.59. The summed E-state index contributed by atoms with van der Waals surface area (Å²) in [5.41, 5.74) is 7.25. The predicted octanol–water partition coefficient (Wildman–Crippen LogP) is 2.68. The number of nitrogens with two attached hydrogens (primary N) is 1. The van der Waals surface area contributed by atoms with Crippen LogP contribution in [-0.4, -0.2) is 30.3 Å². The van der Waals surface area contributed by atoms with E-state index in [1.165, 1.54) is 24.8 Å². The second-order valence-corrected chi connectivity index (χ2v) is 5.91.